The summed E-state index contributed by atoms with van der Waals surface area (Å²) in [6.07, 6.45) is 1.40. The van der Waals surface area contributed by atoms with Crippen molar-refractivity contribution in [1.29, 1.82) is 0 Å². The molecule has 0 saturated carbocycles. The maximum absolute atomic E-state index is 13.8. The van der Waals surface area contributed by atoms with Gasteiger partial charge in [0.25, 0.3) is 5.69 Å². The fourth-order valence-electron chi connectivity index (χ4n) is 2.88. The van der Waals surface area contributed by atoms with Gasteiger partial charge in [-0.25, -0.2) is 9.37 Å². The number of methoxy groups -OCH3 is 1. The summed E-state index contributed by atoms with van der Waals surface area (Å²) in [6.45, 7) is 0. The largest absolute Gasteiger partial charge is 0.497 e. The fourth-order valence-corrected chi connectivity index (χ4v) is 4.02. The molecule has 0 atom stereocenters. The number of thiazole rings is 1. The van der Waals surface area contributed by atoms with Crippen LogP contribution in [0, 0.1) is 15.9 Å². The minimum atomic E-state index is -0.595. The standard InChI is InChI=1S/C21H13Cl2FN4O4S/c1-31-11-2-4-13(19(6-11)28(29)30)20-5-3-12(32-20)9-25-27-21-26-18(10-33-21)14-7-17(24)16(23)8-15(14)22/h2-10H,1H3,(H,26,27)/b25-9+. The summed E-state index contributed by atoms with van der Waals surface area (Å²) in [7, 11) is 1.43. The Labute approximate surface area is 200 Å². The second-order valence-electron chi connectivity index (χ2n) is 6.50. The van der Waals surface area contributed by atoms with Gasteiger partial charge in [-0.2, -0.15) is 5.10 Å². The van der Waals surface area contributed by atoms with E-state index in [0.29, 0.717) is 39.2 Å². The Morgan fingerprint density at radius 3 is 2.79 bits per heavy atom. The molecule has 1 N–H and O–H groups in total. The lowest BCUT2D eigenvalue weighted by Gasteiger charge is -2.03. The fraction of sp³-hybridized carbons (Fsp3) is 0.0476. The number of furan rings is 1. The molecule has 0 aliphatic carbocycles. The van der Waals surface area contributed by atoms with Crippen LogP contribution in [0.2, 0.25) is 10.0 Å². The van der Waals surface area contributed by atoms with Crippen LogP contribution in [-0.4, -0.2) is 23.2 Å². The van der Waals surface area contributed by atoms with Gasteiger partial charge in [0.05, 0.1) is 45.6 Å². The molecule has 0 spiro atoms. The van der Waals surface area contributed by atoms with E-state index in [0.717, 1.165) is 0 Å². The highest BCUT2D eigenvalue weighted by Crippen LogP contribution is 2.35. The summed E-state index contributed by atoms with van der Waals surface area (Å²) in [5, 5.41) is 17.8. The Bertz CT molecular complexity index is 1370. The van der Waals surface area contributed by atoms with Crippen molar-refractivity contribution in [1.82, 2.24) is 4.98 Å². The van der Waals surface area contributed by atoms with Gasteiger partial charge >= 0.3 is 0 Å². The van der Waals surface area contributed by atoms with Crippen LogP contribution in [0.4, 0.5) is 15.2 Å². The van der Waals surface area contributed by atoms with E-state index in [4.69, 9.17) is 32.4 Å². The van der Waals surface area contributed by atoms with E-state index in [-0.39, 0.29) is 15.7 Å². The summed E-state index contributed by atoms with van der Waals surface area (Å²) in [5.41, 5.74) is 3.79. The summed E-state index contributed by atoms with van der Waals surface area (Å²) >= 11 is 13.1. The highest BCUT2D eigenvalue weighted by Gasteiger charge is 2.19. The van der Waals surface area contributed by atoms with Crippen molar-refractivity contribution >= 4 is 51.6 Å². The molecular formula is C21H13Cl2FN4O4S. The molecule has 168 valence electrons. The predicted molar refractivity (Wildman–Crippen MR) is 126 cm³/mol. The Morgan fingerprint density at radius 2 is 2.03 bits per heavy atom. The van der Waals surface area contributed by atoms with E-state index in [1.54, 1.807) is 29.6 Å². The van der Waals surface area contributed by atoms with E-state index in [1.165, 1.54) is 42.9 Å². The minimum Gasteiger partial charge on any atom is -0.497 e. The normalized spacial score (nSPS) is 11.2. The molecule has 0 aliphatic rings. The number of nitrogens with zero attached hydrogens (tertiary/aromatic N) is 3. The first kappa shape index (κ1) is 22.7. The molecule has 8 nitrogen and oxygen atoms in total. The number of aromatic nitrogens is 1. The molecule has 0 radical (unpaired) electrons. The zero-order valence-electron chi connectivity index (χ0n) is 16.7. The number of anilines is 1. The quantitative estimate of drug-likeness (QED) is 0.127. The first-order valence-corrected chi connectivity index (χ1v) is 10.8. The molecule has 0 aliphatic heterocycles. The van der Waals surface area contributed by atoms with E-state index in [9.17, 15) is 14.5 Å². The highest BCUT2D eigenvalue weighted by molar-refractivity contribution is 7.14. The third-order valence-corrected chi connectivity index (χ3v) is 5.79. The first-order chi connectivity index (χ1) is 15.9. The zero-order valence-corrected chi connectivity index (χ0v) is 19.0. The van der Waals surface area contributed by atoms with Crippen molar-refractivity contribution < 1.29 is 18.5 Å². The second-order valence-corrected chi connectivity index (χ2v) is 8.17. The van der Waals surface area contributed by atoms with Crippen LogP contribution in [0.15, 0.2) is 57.4 Å². The lowest BCUT2D eigenvalue weighted by molar-refractivity contribution is -0.384. The van der Waals surface area contributed by atoms with E-state index in [2.05, 4.69) is 15.5 Å². The van der Waals surface area contributed by atoms with Crippen LogP contribution < -0.4 is 10.2 Å². The number of nitro benzene ring substituents is 1. The first-order valence-electron chi connectivity index (χ1n) is 9.18. The number of ether oxygens (including phenoxy) is 1. The van der Waals surface area contributed by atoms with Crippen LogP contribution in [-0.2, 0) is 0 Å². The number of hydrazone groups is 1. The van der Waals surface area contributed by atoms with Crippen molar-refractivity contribution in [2.24, 2.45) is 5.10 Å². The predicted octanol–water partition coefficient (Wildman–Crippen LogP) is 6.88. The lowest BCUT2D eigenvalue weighted by Crippen LogP contribution is -1.93. The highest BCUT2D eigenvalue weighted by atomic mass is 35.5. The number of benzene rings is 2. The van der Waals surface area contributed by atoms with Gasteiger partial charge in [-0.1, -0.05) is 23.2 Å². The van der Waals surface area contributed by atoms with E-state index >= 15 is 0 Å². The van der Waals surface area contributed by atoms with Crippen molar-refractivity contribution in [3.8, 4) is 28.3 Å². The maximum Gasteiger partial charge on any atom is 0.284 e. The van der Waals surface area contributed by atoms with Crippen LogP contribution in [0.25, 0.3) is 22.6 Å². The van der Waals surface area contributed by atoms with Crippen LogP contribution >= 0.6 is 34.5 Å². The molecule has 2 aromatic carbocycles. The van der Waals surface area contributed by atoms with E-state index in [1.807, 2.05) is 0 Å². The smallest absolute Gasteiger partial charge is 0.284 e. The molecule has 0 saturated heterocycles. The van der Waals surface area contributed by atoms with Gasteiger partial charge in [0.15, 0.2) is 0 Å². The summed E-state index contributed by atoms with van der Waals surface area (Å²) < 4.78 is 24.5. The Balaban J connectivity index is 1.48. The molecular weight excluding hydrogens is 494 g/mol. The molecule has 2 aromatic heterocycles. The lowest BCUT2D eigenvalue weighted by atomic mass is 10.1. The zero-order chi connectivity index (χ0) is 23.5. The molecule has 0 amide bonds. The maximum atomic E-state index is 13.8. The van der Waals surface area contributed by atoms with Gasteiger partial charge in [-0.15, -0.1) is 11.3 Å². The average Bonchev–Trinajstić information content (AvgIpc) is 3.46. The summed E-state index contributed by atoms with van der Waals surface area (Å²) in [5.74, 6) is 0.444. The van der Waals surface area contributed by atoms with Crippen LogP contribution in [0.1, 0.15) is 5.76 Å². The molecule has 4 aromatic rings. The third kappa shape index (κ3) is 4.98. The number of nitrogens with one attached hydrogen (secondary N) is 1. The van der Waals surface area contributed by atoms with Crippen molar-refractivity contribution in [3.05, 3.63) is 79.6 Å². The third-order valence-electron chi connectivity index (χ3n) is 4.44. The van der Waals surface area contributed by atoms with Crippen LogP contribution in [0.5, 0.6) is 5.75 Å². The van der Waals surface area contributed by atoms with Gasteiger partial charge < -0.3 is 9.15 Å². The number of rotatable bonds is 7. The van der Waals surface area contributed by atoms with Crippen molar-refractivity contribution in [3.63, 3.8) is 0 Å². The molecule has 0 unspecified atom stereocenters. The minimum absolute atomic E-state index is 0.0697. The summed E-state index contributed by atoms with van der Waals surface area (Å²) in [6, 6.07) is 10.3. The molecule has 4 rings (SSSR count). The molecule has 0 fully saturated rings. The number of hydrogen-bond acceptors (Lipinski definition) is 8. The SMILES string of the molecule is COc1ccc(-c2ccc(/C=N/Nc3nc(-c4cc(F)c(Cl)cc4Cl)cs3)o2)c([N+](=O)[O-])c1. The molecule has 33 heavy (non-hydrogen) atoms. The number of halogens is 3. The Kier molecular flexibility index (Phi) is 6.59. The monoisotopic (exact) mass is 506 g/mol. The van der Waals surface area contributed by atoms with Gasteiger partial charge in [0.1, 0.15) is 23.1 Å². The average molecular weight is 507 g/mol. The molecule has 0 bridgehead atoms. The Morgan fingerprint density at radius 1 is 1.21 bits per heavy atom. The van der Waals surface area contributed by atoms with Crippen molar-refractivity contribution in [2.75, 3.05) is 12.5 Å². The molecule has 12 heteroatoms. The Hall–Kier alpha value is -3.47. The number of nitro groups is 1. The van der Waals surface area contributed by atoms with Gasteiger partial charge in [-0.3, -0.25) is 15.5 Å². The van der Waals surface area contributed by atoms with Crippen molar-refractivity contribution in [2.45, 2.75) is 0 Å². The number of hydrogen-bond donors (Lipinski definition) is 1. The van der Waals surface area contributed by atoms with E-state index < -0.39 is 10.7 Å². The van der Waals surface area contributed by atoms with Gasteiger partial charge in [0.2, 0.25) is 5.13 Å². The van der Waals surface area contributed by atoms with Gasteiger partial charge in [-0.05, 0) is 36.4 Å². The summed E-state index contributed by atoms with van der Waals surface area (Å²) in [4.78, 5) is 15.2. The van der Waals surface area contributed by atoms with Crippen LogP contribution in [0.3, 0.4) is 0 Å². The second kappa shape index (κ2) is 9.57. The topological polar surface area (TPSA) is 103 Å². The van der Waals surface area contributed by atoms with Gasteiger partial charge in [0, 0.05) is 10.9 Å². The molecule has 2 heterocycles.